The normalized spacial score (nSPS) is 13.9. The first kappa shape index (κ1) is 16.8. The minimum Gasteiger partial charge on any atom is -0.0590 e. The average molecular weight is 294 g/mol. The highest BCUT2D eigenvalue weighted by molar-refractivity contribution is 5.33. The molecule has 2 rings (SSSR count). The maximum atomic E-state index is 2.37. The van der Waals surface area contributed by atoms with Gasteiger partial charge in [-0.05, 0) is 69.1 Å². The Hall–Kier alpha value is -1.56. The van der Waals surface area contributed by atoms with Crippen molar-refractivity contribution in [3.05, 3.63) is 69.8 Å². The van der Waals surface area contributed by atoms with Gasteiger partial charge in [-0.1, -0.05) is 66.9 Å². The zero-order valence-corrected chi connectivity index (χ0v) is 15.0. The molecule has 0 aromatic heterocycles. The first-order valence-corrected chi connectivity index (χ1v) is 8.52. The largest absolute Gasteiger partial charge is 0.0590 e. The Bertz CT molecular complexity index is 616. The second-order valence-corrected chi connectivity index (χ2v) is 7.16. The van der Waals surface area contributed by atoms with E-state index < -0.39 is 0 Å². The van der Waals surface area contributed by atoms with E-state index in [2.05, 4.69) is 77.9 Å². The van der Waals surface area contributed by atoms with Crippen LogP contribution in [0.25, 0.3) is 0 Å². The topological polar surface area (TPSA) is 0 Å². The summed E-state index contributed by atoms with van der Waals surface area (Å²) in [6.07, 6.45) is 2.50. The molecule has 0 aliphatic carbocycles. The lowest BCUT2D eigenvalue weighted by Gasteiger charge is -2.19. The van der Waals surface area contributed by atoms with E-state index in [0.29, 0.717) is 11.8 Å². The van der Waals surface area contributed by atoms with E-state index in [1.54, 1.807) is 0 Å². The molecule has 22 heavy (non-hydrogen) atoms. The highest BCUT2D eigenvalue weighted by Crippen LogP contribution is 2.30. The number of hydrogen-bond acceptors (Lipinski definition) is 0. The number of rotatable bonds is 5. The molecule has 2 aromatic carbocycles. The molecule has 0 amide bonds. The van der Waals surface area contributed by atoms with E-state index >= 15 is 0 Å². The van der Waals surface area contributed by atoms with Gasteiger partial charge < -0.3 is 0 Å². The summed E-state index contributed by atoms with van der Waals surface area (Å²) in [6, 6.07) is 13.8. The second-order valence-electron chi connectivity index (χ2n) is 7.16. The summed E-state index contributed by atoms with van der Waals surface area (Å²) in [7, 11) is 0. The van der Waals surface area contributed by atoms with Gasteiger partial charge in [-0.25, -0.2) is 0 Å². The molecule has 0 N–H and O–H groups in total. The molecule has 2 aromatic rings. The molecule has 0 bridgehead atoms. The van der Waals surface area contributed by atoms with Crippen LogP contribution >= 0.6 is 0 Å². The van der Waals surface area contributed by atoms with Crippen LogP contribution in [-0.2, 0) is 0 Å². The second kappa shape index (κ2) is 7.13. The van der Waals surface area contributed by atoms with Crippen molar-refractivity contribution in [1.82, 2.24) is 0 Å². The van der Waals surface area contributed by atoms with E-state index in [1.807, 2.05) is 0 Å². The van der Waals surface area contributed by atoms with E-state index in [-0.39, 0.29) is 0 Å². The molecule has 0 radical (unpaired) electrons. The first-order chi connectivity index (χ1) is 10.4. The van der Waals surface area contributed by atoms with Crippen LogP contribution in [-0.4, -0.2) is 0 Å². The molecule has 0 aliphatic heterocycles. The van der Waals surface area contributed by atoms with Crippen LogP contribution in [0.2, 0.25) is 0 Å². The van der Waals surface area contributed by atoms with Crippen molar-refractivity contribution in [3.8, 4) is 0 Å². The quantitative estimate of drug-likeness (QED) is 0.582. The highest BCUT2D eigenvalue weighted by Gasteiger charge is 2.12. The molecule has 0 heterocycles. The van der Waals surface area contributed by atoms with Gasteiger partial charge in [0, 0.05) is 0 Å². The Morgan fingerprint density at radius 3 is 1.91 bits per heavy atom. The Kier molecular flexibility index (Phi) is 5.45. The summed E-state index contributed by atoms with van der Waals surface area (Å²) in [5.41, 5.74) is 8.57. The van der Waals surface area contributed by atoms with Crippen molar-refractivity contribution in [2.75, 3.05) is 0 Å². The van der Waals surface area contributed by atoms with Crippen LogP contribution in [0, 0.1) is 27.7 Å². The summed E-state index contributed by atoms with van der Waals surface area (Å²) >= 11 is 0. The van der Waals surface area contributed by atoms with Gasteiger partial charge in [0.05, 0.1) is 0 Å². The fourth-order valence-electron chi connectivity index (χ4n) is 3.41. The molecule has 0 nitrogen and oxygen atoms in total. The summed E-state index contributed by atoms with van der Waals surface area (Å²) < 4.78 is 0. The zero-order chi connectivity index (χ0) is 16.3. The van der Waals surface area contributed by atoms with Crippen molar-refractivity contribution in [2.24, 2.45) is 0 Å². The summed E-state index contributed by atoms with van der Waals surface area (Å²) in [6.45, 7) is 13.6. The minimum absolute atomic E-state index is 0.631. The average Bonchev–Trinajstić information content (AvgIpc) is 2.45. The molecule has 0 fully saturated rings. The van der Waals surface area contributed by atoms with Gasteiger partial charge in [-0.2, -0.15) is 0 Å². The monoisotopic (exact) mass is 294 g/mol. The fraction of sp³-hybridized carbons (Fsp3) is 0.455. The predicted molar refractivity (Wildman–Crippen MR) is 97.9 cm³/mol. The standard InChI is InChI=1S/C22H30/c1-15-7-8-19(5)22(14-15)20(6)10-9-18(4)21-12-16(2)11-17(3)13-21/h7-8,11-14,18,20H,9-10H2,1-6H3. The molecular formula is C22H30. The highest BCUT2D eigenvalue weighted by atomic mass is 14.2. The van der Waals surface area contributed by atoms with Gasteiger partial charge in [-0.15, -0.1) is 0 Å². The third kappa shape index (κ3) is 4.22. The van der Waals surface area contributed by atoms with Gasteiger partial charge in [0.2, 0.25) is 0 Å². The Morgan fingerprint density at radius 2 is 1.27 bits per heavy atom. The molecule has 0 spiro atoms. The molecule has 0 saturated heterocycles. The third-order valence-electron chi connectivity index (χ3n) is 4.81. The Morgan fingerprint density at radius 1 is 0.682 bits per heavy atom. The molecule has 0 saturated carbocycles. The lowest BCUT2D eigenvalue weighted by Crippen LogP contribution is -2.01. The van der Waals surface area contributed by atoms with Crippen molar-refractivity contribution >= 4 is 0 Å². The zero-order valence-electron chi connectivity index (χ0n) is 15.0. The number of hydrogen-bond donors (Lipinski definition) is 0. The summed E-state index contributed by atoms with van der Waals surface area (Å²) in [4.78, 5) is 0. The lowest BCUT2D eigenvalue weighted by molar-refractivity contribution is 0.571. The number of aryl methyl sites for hydroxylation is 4. The van der Waals surface area contributed by atoms with Gasteiger partial charge in [0.15, 0.2) is 0 Å². The SMILES string of the molecule is Cc1cc(C)cc(C(C)CCC(C)c2cc(C)ccc2C)c1. The molecule has 2 unspecified atom stereocenters. The molecule has 0 aliphatic rings. The van der Waals surface area contributed by atoms with Crippen molar-refractivity contribution < 1.29 is 0 Å². The first-order valence-electron chi connectivity index (χ1n) is 8.52. The van der Waals surface area contributed by atoms with Crippen LogP contribution in [0.5, 0.6) is 0 Å². The summed E-state index contributed by atoms with van der Waals surface area (Å²) in [5.74, 6) is 1.26. The molecule has 0 heteroatoms. The summed E-state index contributed by atoms with van der Waals surface area (Å²) in [5, 5.41) is 0. The fourth-order valence-corrected chi connectivity index (χ4v) is 3.41. The van der Waals surface area contributed by atoms with Gasteiger partial charge in [0.25, 0.3) is 0 Å². The van der Waals surface area contributed by atoms with Crippen molar-refractivity contribution in [3.63, 3.8) is 0 Å². The lowest BCUT2D eigenvalue weighted by atomic mass is 9.86. The maximum absolute atomic E-state index is 2.37. The van der Waals surface area contributed by atoms with Crippen LogP contribution < -0.4 is 0 Å². The van der Waals surface area contributed by atoms with Crippen molar-refractivity contribution in [1.29, 1.82) is 0 Å². The van der Waals surface area contributed by atoms with E-state index in [0.717, 1.165) is 0 Å². The molecule has 118 valence electrons. The van der Waals surface area contributed by atoms with E-state index in [9.17, 15) is 0 Å². The molecular weight excluding hydrogens is 264 g/mol. The predicted octanol–water partition coefficient (Wildman–Crippen LogP) is 6.61. The smallest absolute Gasteiger partial charge is 0.0187 e. The van der Waals surface area contributed by atoms with Crippen LogP contribution in [0.3, 0.4) is 0 Å². The van der Waals surface area contributed by atoms with Crippen LogP contribution in [0.1, 0.15) is 71.9 Å². The van der Waals surface area contributed by atoms with Crippen molar-refractivity contribution in [2.45, 2.75) is 66.2 Å². The van der Waals surface area contributed by atoms with E-state index in [4.69, 9.17) is 0 Å². The van der Waals surface area contributed by atoms with Gasteiger partial charge >= 0.3 is 0 Å². The Balaban J connectivity index is 2.04. The minimum atomic E-state index is 0.631. The third-order valence-corrected chi connectivity index (χ3v) is 4.81. The van der Waals surface area contributed by atoms with Crippen LogP contribution in [0.4, 0.5) is 0 Å². The van der Waals surface area contributed by atoms with Crippen LogP contribution in [0.15, 0.2) is 36.4 Å². The van der Waals surface area contributed by atoms with Gasteiger partial charge in [0.1, 0.15) is 0 Å². The number of benzene rings is 2. The Labute approximate surface area is 136 Å². The maximum Gasteiger partial charge on any atom is -0.0187 e. The molecule has 2 atom stereocenters. The van der Waals surface area contributed by atoms with Gasteiger partial charge in [-0.3, -0.25) is 0 Å². The van der Waals surface area contributed by atoms with E-state index in [1.165, 1.54) is 46.2 Å².